The molecule has 1 amide bonds. The maximum Gasteiger partial charge on any atom is 0.220 e. The largest absolute Gasteiger partial charge is 0.353 e. The highest BCUT2D eigenvalue weighted by Gasteiger charge is 2.25. The van der Waals surface area contributed by atoms with E-state index in [1.807, 2.05) is 19.9 Å². The highest BCUT2D eigenvalue weighted by Crippen LogP contribution is 2.24. The number of ketones is 1. The molecule has 0 radical (unpaired) electrons. The van der Waals surface area contributed by atoms with Crippen LogP contribution < -0.4 is 11.1 Å². The van der Waals surface area contributed by atoms with Gasteiger partial charge in [0.2, 0.25) is 5.91 Å². The average Bonchev–Trinajstić information content (AvgIpc) is 2.84. The molecule has 0 aromatic carbocycles. The number of rotatable bonds is 6. The zero-order valence-electron chi connectivity index (χ0n) is 13.5. The average molecular weight is 322 g/mol. The molecule has 1 aromatic heterocycles. The van der Waals surface area contributed by atoms with Crippen LogP contribution in [0.15, 0.2) is 6.07 Å². The monoisotopic (exact) mass is 322 g/mol. The third kappa shape index (κ3) is 4.40. The quantitative estimate of drug-likeness (QED) is 0.791. The summed E-state index contributed by atoms with van der Waals surface area (Å²) in [5.41, 5.74) is 6.55. The molecule has 1 fully saturated rings. The predicted octanol–water partition coefficient (Wildman–Crippen LogP) is 2.96. The van der Waals surface area contributed by atoms with Crippen molar-refractivity contribution in [2.45, 2.75) is 58.4 Å². The van der Waals surface area contributed by atoms with Crippen molar-refractivity contribution in [1.82, 2.24) is 5.32 Å². The van der Waals surface area contributed by atoms with E-state index >= 15 is 0 Å². The van der Waals surface area contributed by atoms with E-state index in [2.05, 4.69) is 5.32 Å². The number of carbonyl (C=O) groups is 2. The molecule has 0 bridgehead atoms. The molecule has 2 atom stereocenters. The summed E-state index contributed by atoms with van der Waals surface area (Å²) >= 11 is 1.63. The Labute approximate surface area is 136 Å². The first-order valence-corrected chi connectivity index (χ1v) is 8.92. The summed E-state index contributed by atoms with van der Waals surface area (Å²) in [4.78, 5) is 26.5. The lowest BCUT2D eigenvalue weighted by Gasteiger charge is -2.31. The molecule has 1 aliphatic rings. The van der Waals surface area contributed by atoms with Crippen molar-refractivity contribution in [3.8, 4) is 0 Å². The van der Waals surface area contributed by atoms with Crippen LogP contribution in [-0.4, -0.2) is 24.3 Å². The van der Waals surface area contributed by atoms with E-state index < -0.39 is 0 Å². The smallest absolute Gasteiger partial charge is 0.220 e. The van der Waals surface area contributed by atoms with Crippen LogP contribution in [0.3, 0.4) is 0 Å². The van der Waals surface area contributed by atoms with Crippen molar-refractivity contribution in [3.05, 3.63) is 21.4 Å². The van der Waals surface area contributed by atoms with Gasteiger partial charge in [-0.05, 0) is 45.2 Å². The van der Waals surface area contributed by atoms with Crippen LogP contribution in [0.2, 0.25) is 0 Å². The zero-order valence-corrected chi connectivity index (χ0v) is 14.3. The van der Waals surface area contributed by atoms with Gasteiger partial charge in [0.15, 0.2) is 5.78 Å². The fourth-order valence-electron chi connectivity index (χ4n) is 3.23. The van der Waals surface area contributed by atoms with E-state index in [-0.39, 0.29) is 30.6 Å². The molecular weight excluding hydrogens is 296 g/mol. The lowest BCUT2D eigenvalue weighted by Crippen LogP contribution is -2.44. The molecule has 4 nitrogen and oxygen atoms in total. The summed E-state index contributed by atoms with van der Waals surface area (Å²) < 4.78 is 0. The molecule has 0 saturated heterocycles. The van der Waals surface area contributed by atoms with Crippen LogP contribution in [0.5, 0.6) is 0 Å². The lowest BCUT2D eigenvalue weighted by atomic mass is 9.84. The van der Waals surface area contributed by atoms with Gasteiger partial charge in [-0.25, -0.2) is 0 Å². The Morgan fingerprint density at radius 2 is 2.00 bits per heavy atom. The molecule has 1 heterocycles. The molecule has 1 aliphatic carbocycles. The first kappa shape index (κ1) is 17.2. The number of hydrogen-bond acceptors (Lipinski definition) is 4. The van der Waals surface area contributed by atoms with Gasteiger partial charge in [0, 0.05) is 34.2 Å². The van der Waals surface area contributed by atoms with Gasteiger partial charge >= 0.3 is 0 Å². The molecular formula is C17H26N2O2S. The van der Waals surface area contributed by atoms with E-state index in [1.165, 1.54) is 6.42 Å². The second-order valence-electron chi connectivity index (χ2n) is 6.20. The summed E-state index contributed by atoms with van der Waals surface area (Å²) in [6, 6.07) is 2.11. The van der Waals surface area contributed by atoms with Gasteiger partial charge in [-0.1, -0.05) is 12.8 Å². The zero-order chi connectivity index (χ0) is 16.1. The lowest BCUT2D eigenvalue weighted by molar-refractivity contribution is -0.122. The first-order chi connectivity index (χ1) is 10.5. The molecule has 1 aromatic rings. The number of Topliss-reactive ketones (excluding diaryl/α,β-unsaturated/α-hetero) is 1. The summed E-state index contributed by atoms with van der Waals surface area (Å²) in [5, 5.41) is 3.08. The fraction of sp³-hybridized carbons (Fsp3) is 0.647. The molecule has 0 spiro atoms. The second-order valence-corrected chi connectivity index (χ2v) is 7.66. The normalized spacial score (nSPS) is 21.6. The van der Waals surface area contributed by atoms with Crippen molar-refractivity contribution in [2.75, 3.05) is 6.54 Å². The minimum atomic E-state index is -0.0247. The van der Waals surface area contributed by atoms with E-state index in [0.717, 1.165) is 34.6 Å². The summed E-state index contributed by atoms with van der Waals surface area (Å²) in [7, 11) is 0. The molecule has 1 saturated carbocycles. The van der Waals surface area contributed by atoms with Gasteiger partial charge < -0.3 is 11.1 Å². The van der Waals surface area contributed by atoms with Crippen molar-refractivity contribution in [1.29, 1.82) is 0 Å². The summed E-state index contributed by atoms with van der Waals surface area (Å²) in [6.07, 6.45) is 4.99. The Bertz CT molecular complexity index is 539. The Hall–Kier alpha value is -1.20. The number of nitrogens with one attached hydrogen (secondary N) is 1. The summed E-state index contributed by atoms with van der Waals surface area (Å²) in [5.74, 6) is 0.425. The minimum Gasteiger partial charge on any atom is -0.353 e. The van der Waals surface area contributed by atoms with Gasteiger partial charge in [0.05, 0.1) is 0 Å². The molecule has 2 rings (SSSR count). The predicted molar refractivity (Wildman–Crippen MR) is 90.3 cm³/mol. The molecule has 2 unspecified atom stereocenters. The molecule has 22 heavy (non-hydrogen) atoms. The highest BCUT2D eigenvalue weighted by atomic mass is 32.1. The molecule has 0 aliphatic heterocycles. The third-order valence-electron chi connectivity index (χ3n) is 4.48. The number of carbonyl (C=O) groups excluding carboxylic acids is 2. The number of aryl methyl sites for hydroxylation is 2. The van der Waals surface area contributed by atoms with E-state index in [9.17, 15) is 9.59 Å². The first-order valence-electron chi connectivity index (χ1n) is 8.11. The third-order valence-corrected chi connectivity index (χ3v) is 5.44. The van der Waals surface area contributed by atoms with Crippen LogP contribution in [0.1, 0.15) is 58.6 Å². The van der Waals surface area contributed by atoms with Gasteiger partial charge in [-0.2, -0.15) is 0 Å². The van der Waals surface area contributed by atoms with Crippen molar-refractivity contribution < 1.29 is 9.59 Å². The SMILES string of the molecule is Cc1cc(C(=O)CCC(=O)NC2CCCCC2CN)c(C)s1. The van der Waals surface area contributed by atoms with E-state index in [0.29, 0.717) is 12.5 Å². The van der Waals surface area contributed by atoms with Crippen LogP contribution >= 0.6 is 11.3 Å². The van der Waals surface area contributed by atoms with Crippen molar-refractivity contribution in [2.24, 2.45) is 11.7 Å². The number of hydrogen-bond donors (Lipinski definition) is 2. The van der Waals surface area contributed by atoms with Gasteiger partial charge in [0.1, 0.15) is 0 Å². The van der Waals surface area contributed by atoms with Crippen LogP contribution in [0.25, 0.3) is 0 Å². The number of nitrogens with two attached hydrogens (primary N) is 1. The number of thiophene rings is 1. The molecule has 122 valence electrons. The van der Waals surface area contributed by atoms with Crippen molar-refractivity contribution >= 4 is 23.0 Å². The number of amides is 1. The van der Waals surface area contributed by atoms with Gasteiger partial charge in [-0.15, -0.1) is 11.3 Å². The fourth-order valence-corrected chi connectivity index (χ4v) is 4.17. The standard InChI is InChI=1S/C17H26N2O2S/c1-11-9-14(12(2)22-11)16(20)7-8-17(21)19-15-6-4-3-5-13(15)10-18/h9,13,15H,3-8,10,18H2,1-2H3,(H,19,21). The summed E-state index contributed by atoms with van der Waals surface area (Å²) in [6.45, 7) is 4.58. The van der Waals surface area contributed by atoms with Crippen LogP contribution in [-0.2, 0) is 4.79 Å². The Morgan fingerprint density at radius 3 is 2.64 bits per heavy atom. The molecule has 3 N–H and O–H groups in total. The minimum absolute atomic E-state index is 0.0247. The maximum absolute atomic E-state index is 12.2. The molecule has 5 heteroatoms. The van der Waals surface area contributed by atoms with Crippen LogP contribution in [0, 0.1) is 19.8 Å². The second kappa shape index (κ2) is 7.88. The Morgan fingerprint density at radius 1 is 1.27 bits per heavy atom. The van der Waals surface area contributed by atoms with E-state index in [1.54, 1.807) is 11.3 Å². The van der Waals surface area contributed by atoms with Gasteiger partial charge in [-0.3, -0.25) is 9.59 Å². The highest BCUT2D eigenvalue weighted by molar-refractivity contribution is 7.12. The van der Waals surface area contributed by atoms with Gasteiger partial charge in [0.25, 0.3) is 0 Å². The Kier molecular flexibility index (Phi) is 6.15. The Balaban J connectivity index is 1.82. The van der Waals surface area contributed by atoms with Crippen LogP contribution in [0.4, 0.5) is 0 Å². The van der Waals surface area contributed by atoms with E-state index in [4.69, 9.17) is 5.73 Å². The topological polar surface area (TPSA) is 72.2 Å². The van der Waals surface area contributed by atoms with Crippen molar-refractivity contribution in [3.63, 3.8) is 0 Å². The maximum atomic E-state index is 12.2.